The Bertz CT molecular complexity index is 365. The van der Waals surface area contributed by atoms with E-state index in [1.165, 1.54) is 12.1 Å². The molecule has 0 spiro atoms. The van der Waals surface area contributed by atoms with Crippen LogP contribution >= 0.6 is 0 Å². The largest absolute Gasteiger partial charge is 0.481 e. The van der Waals surface area contributed by atoms with Gasteiger partial charge in [-0.05, 0) is 24.3 Å². The van der Waals surface area contributed by atoms with Gasteiger partial charge in [0.2, 0.25) is 0 Å². The molecule has 0 aliphatic heterocycles. The van der Waals surface area contributed by atoms with Crippen molar-refractivity contribution in [2.45, 2.75) is 12.3 Å². The SMILES string of the molecule is O=C(O)CC(F)(F)CNc1ccc(F)cc1. The summed E-state index contributed by atoms with van der Waals surface area (Å²) in [5, 5.41) is 10.6. The maximum Gasteiger partial charge on any atom is 0.309 e. The molecular weight excluding hydrogens is 223 g/mol. The van der Waals surface area contributed by atoms with Gasteiger partial charge in [0.1, 0.15) is 12.2 Å². The average molecular weight is 233 g/mol. The van der Waals surface area contributed by atoms with E-state index in [9.17, 15) is 18.0 Å². The van der Waals surface area contributed by atoms with E-state index >= 15 is 0 Å². The van der Waals surface area contributed by atoms with Crippen LogP contribution in [0.3, 0.4) is 0 Å². The van der Waals surface area contributed by atoms with Crippen molar-refractivity contribution in [3.05, 3.63) is 30.1 Å². The zero-order chi connectivity index (χ0) is 12.2. The van der Waals surface area contributed by atoms with Crippen LogP contribution in [0.15, 0.2) is 24.3 Å². The molecule has 0 amide bonds. The summed E-state index contributed by atoms with van der Waals surface area (Å²) in [6, 6.07) is 4.84. The first kappa shape index (κ1) is 12.4. The van der Waals surface area contributed by atoms with Gasteiger partial charge in [0.05, 0.1) is 6.54 Å². The highest BCUT2D eigenvalue weighted by Gasteiger charge is 2.31. The summed E-state index contributed by atoms with van der Waals surface area (Å²) in [6.45, 7) is -0.801. The highest BCUT2D eigenvalue weighted by molar-refractivity contribution is 5.68. The number of halogens is 3. The van der Waals surface area contributed by atoms with E-state index < -0.39 is 30.7 Å². The molecule has 0 heterocycles. The van der Waals surface area contributed by atoms with Gasteiger partial charge in [-0.15, -0.1) is 0 Å². The van der Waals surface area contributed by atoms with Crippen molar-refractivity contribution in [2.24, 2.45) is 0 Å². The summed E-state index contributed by atoms with van der Waals surface area (Å²) < 4.78 is 38.3. The zero-order valence-corrected chi connectivity index (χ0v) is 8.21. The van der Waals surface area contributed by atoms with Crippen molar-refractivity contribution in [2.75, 3.05) is 11.9 Å². The van der Waals surface area contributed by atoms with Gasteiger partial charge >= 0.3 is 5.97 Å². The molecule has 1 aromatic carbocycles. The van der Waals surface area contributed by atoms with Gasteiger partial charge in [-0.3, -0.25) is 4.79 Å². The summed E-state index contributed by atoms with van der Waals surface area (Å²) in [6.07, 6.45) is -1.23. The van der Waals surface area contributed by atoms with E-state index in [4.69, 9.17) is 5.11 Å². The molecule has 6 heteroatoms. The van der Waals surface area contributed by atoms with Crippen LogP contribution < -0.4 is 5.32 Å². The maximum absolute atomic E-state index is 12.9. The number of carboxylic acid groups (broad SMARTS) is 1. The van der Waals surface area contributed by atoms with E-state index in [0.29, 0.717) is 5.69 Å². The second kappa shape index (κ2) is 4.87. The number of aliphatic carboxylic acids is 1. The van der Waals surface area contributed by atoms with Gasteiger partial charge in [0, 0.05) is 5.69 Å². The van der Waals surface area contributed by atoms with Crippen molar-refractivity contribution in [1.82, 2.24) is 0 Å². The Kier molecular flexibility index (Phi) is 3.76. The number of alkyl halides is 2. The lowest BCUT2D eigenvalue weighted by Gasteiger charge is -2.15. The van der Waals surface area contributed by atoms with Crippen LogP contribution in [0.1, 0.15) is 6.42 Å². The Morgan fingerprint density at radius 1 is 1.31 bits per heavy atom. The Hall–Kier alpha value is -1.72. The lowest BCUT2D eigenvalue weighted by molar-refractivity contribution is -0.144. The lowest BCUT2D eigenvalue weighted by Crippen LogP contribution is -2.30. The Labute approximate surface area is 89.9 Å². The first-order valence-corrected chi connectivity index (χ1v) is 4.48. The fourth-order valence-electron chi connectivity index (χ4n) is 1.08. The van der Waals surface area contributed by atoms with Crippen LogP contribution in [0.5, 0.6) is 0 Å². The Balaban J connectivity index is 2.50. The number of benzene rings is 1. The van der Waals surface area contributed by atoms with Crippen LogP contribution in [0.4, 0.5) is 18.9 Å². The molecule has 1 aromatic rings. The summed E-state index contributed by atoms with van der Waals surface area (Å²) in [5.74, 6) is -5.37. The predicted octanol–water partition coefficient (Wildman–Crippen LogP) is 2.35. The van der Waals surface area contributed by atoms with Crippen LogP contribution in [0.25, 0.3) is 0 Å². The quantitative estimate of drug-likeness (QED) is 0.820. The second-order valence-electron chi connectivity index (χ2n) is 3.29. The molecule has 0 aliphatic carbocycles. The summed E-state index contributed by atoms with van der Waals surface area (Å²) in [5.41, 5.74) is 0.312. The van der Waals surface area contributed by atoms with Gasteiger partial charge in [-0.2, -0.15) is 0 Å². The molecule has 1 rings (SSSR count). The number of anilines is 1. The van der Waals surface area contributed by atoms with E-state index in [-0.39, 0.29) is 0 Å². The van der Waals surface area contributed by atoms with Crippen molar-refractivity contribution in [3.63, 3.8) is 0 Å². The first-order chi connectivity index (χ1) is 7.39. The molecule has 0 fully saturated rings. The highest BCUT2D eigenvalue weighted by atomic mass is 19.3. The standard InChI is InChI=1S/C10H10F3NO2/c11-7-1-3-8(4-2-7)14-6-10(12,13)5-9(15)16/h1-4,14H,5-6H2,(H,15,16). The number of rotatable bonds is 5. The third-order valence-corrected chi connectivity index (χ3v) is 1.81. The number of carbonyl (C=O) groups is 1. The smallest absolute Gasteiger partial charge is 0.309 e. The van der Waals surface area contributed by atoms with Crippen molar-refractivity contribution < 1.29 is 23.1 Å². The van der Waals surface area contributed by atoms with Gasteiger partial charge in [-0.25, -0.2) is 13.2 Å². The second-order valence-corrected chi connectivity index (χ2v) is 3.29. The molecule has 0 saturated heterocycles. The van der Waals surface area contributed by atoms with E-state index in [2.05, 4.69) is 5.32 Å². The predicted molar refractivity (Wildman–Crippen MR) is 52.1 cm³/mol. The van der Waals surface area contributed by atoms with Crippen molar-refractivity contribution in [3.8, 4) is 0 Å². The fraction of sp³-hybridized carbons (Fsp3) is 0.300. The van der Waals surface area contributed by atoms with Crippen LogP contribution in [-0.4, -0.2) is 23.5 Å². The number of hydrogen-bond acceptors (Lipinski definition) is 2. The zero-order valence-electron chi connectivity index (χ0n) is 8.21. The topological polar surface area (TPSA) is 49.3 Å². The molecule has 3 nitrogen and oxygen atoms in total. The summed E-state index contributed by atoms with van der Waals surface area (Å²) >= 11 is 0. The Morgan fingerprint density at radius 3 is 2.38 bits per heavy atom. The molecule has 2 N–H and O–H groups in total. The summed E-state index contributed by atoms with van der Waals surface area (Å²) in [4.78, 5) is 10.1. The molecule has 0 saturated carbocycles. The van der Waals surface area contributed by atoms with Crippen molar-refractivity contribution >= 4 is 11.7 Å². The average Bonchev–Trinajstić information content (AvgIpc) is 2.15. The minimum absolute atomic E-state index is 0.312. The van der Waals surface area contributed by atoms with Crippen LogP contribution in [0, 0.1) is 5.82 Å². The minimum atomic E-state index is -3.33. The third-order valence-electron chi connectivity index (χ3n) is 1.81. The van der Waals surface area contributed by atoms with Crippen molar-refractivity contribution in [1.29, 1.82) is 0 Å². The summed E-state index contributed by atoms with van der Waals surface area (Å²) in [7, 11) is 0. The van der Waals surface area contributed by atoms with Crippen LogP contribution in [-0.2, 0) is 4.79 Å². The monoisotopic (exact) mass is 233 g/mol. The normalized spacial score (nSPS) is 11.2. The van der Waals surface area contributed by atoms with E-state index in [1.54, 1.807) is 0 Å². The number of carboxylic acids is 1. The van der Waals surface area contributed by atoms with Crippen LogP contribution in [0.2, 0.25) is 0 Å². The van der Waals surface area contributed by atoms with Gasteiger partial charge in [-0.1, -0.05) is 0 Å². The highest BCUT2D eigenvalue weighted by Crippen LogP contribution is 2.19. The molecular formula is C10H10F3NO2. The number of hydrogen-bond donors (Lipinski definition) is 2. The number of nitrogens with one attached hydrogen (secondary N) is 1. The van der Waals surface area contributed by atoms with Gasteiger partial charge in [0.15, 0.2) is 0 Å². The molecule has 16 heavy (non-hydrogen) atoms. The lowest BCUT2D eigenvalue weighted by atomic mass is 10.2. The van der Waals surface area contributed by atoms with Gasteiger partial charge in [0.25, 0.3) is 5.92 Å². The molecule has 0 bridgehead atoms. The maximum atomic E-state index is 12.9. The minimum Gasteiger partial charge on any atom is -0.481 e. The van der Waals surface area contributed by atoms with Gasteiger partial charge < -0.3 is 10.4 Å². The molecule has 0 aliphatic rings. The van der Waals surface area contributed by atoms with E-state index in [0.717, 1.165) is 12.1 Å². The molecule has 0 atom stereocenters. The first-order valence-electron chi connectivity index (χ1n) is 4.48. The molecule has 88 valence electrons. The fourth-order valence-corrected chi connectivity index (χ4v) is 1.08. The Morgan fingerprint density at radius 2 is 1.88 bits per heavy atom. The molecule has 0 radical (unpaired) electrons. The third kappa shape index (κ3) is 4.20. The molecule has 0 aromatic heterocycles. The molecule has 0 unspecified atom stereocenters. The van der Waals surface area contributed by atoms with E-state index in [1.807, 2.05) is 0 Å².